The van der Waals surface area contributed by atoms with Gasteiger partial charge >= 0.3 is 0 Å². The molecule has 0 radical (unpaired) electrons. The number of nitrogens with one attached hydrogen (secondary N) is 1. The minimum absolute atomic E-state index is 0.117. The summed E-state index contributed by atoms with van der Waals surface area (Å²) in [5.74, 6) is 1.78. The molecule has 0 aliphatic carbocycles. The van der Waals surface area contributed by atoms with Crippen molar-refractivity contribution in [1.29, 1.82) is 0 Å². The van der Waals surface area contributed by atoms with Crippen LogP contribution in [-0.4, -0.2) is 35.2 Å². The number of amides is 1. The number of carbonyl (C=O) groups excluding carboxylic acids is 1. The second-order valence-corrected chi connectivity index (χ2v) is 8.27. The van der Waals surface area contributed by atoms with Crippen LogP contribution in [0, 0.1) is 0 Å². The Balaban J connectivity index is 1.37. The van der Waals surface area contributed by atoms with E-state index >= 15 is 0 Å². The summed E-state index contributed by atoms with van der Waals surface area (Å²) in [7, 11) is 0. The standard InChI is InChI=1S/C24H26N4O2S/c1-31-21-11-5-18(6-12-21)17-27-23(29)19-7-9-20(10-8-19)30-24-22(25-13-14-26-24)28-15-3-2-4-16-28/h5-14H,2-4,15-17H2,1H3,(H,27,29). The normalized spacial score (nSPS) is 13.6. The summed E-state index contributed by atoms with van der Waals surface area (Å²) in [5.41, 5.74) is 1.66. The summed E-state index contributed by atoms with van der Waals surface area (Å²) in [6, 6.07) is 15.3. The lowest BCUT2D eigenvalue weighted by Gasteiger charge is -2.28. The fourth-order valence-electron chi connectivity index (χ4n) is 3.53. The van der Waals surface area contributed by atoms with Gasteiger partial charge in [0.25, 0.3) is 11.8 Å². The Morgan fingerprint density at radius 3 is 2.42 bits per heavy atom. The van der Waals surface area contributed by atoms with Crippen molar-refractivity contribution in [3.05, 3.63) is 72.1 Å². The molecule has 1 aliphatic heterocycles. The number of hydrogen-bond donors (Lipinski definition) is 1. The van der Waals surface area contributed by atoms with Gasteiger partial charge in [0.15, 0.2) is 5.82 Å². The van der Waals surface area contributed by atoms with Gasteiger partial charge in [-0.15, -0.1) is 11.8 Å². The molecule has 0 bridgehead atoms. The van der Waals surface area contributed by atoms with Crippen LogP contribution < -0.4 is 15.0 Å². The highest BCUT2D eigenvalue weighted by atomic mass is 32.2. The van der Waals surface area contributed by atoms with Crippen molar-refractivity contribution in [3.63, 3.8) is 0 Å². The van der Waals surface area contributed by atoms with Gasteiger partial charge < -0.3 is 15.0 Å². The van der Waals surface area contributed by atoms with Crippen LogP contribution in [-0.2, 0) is 6.54 Å². The molecule has 1 fully saturated rings. The van der Waals surface area contributed by atoms with Crippen molar-refractivity contribution >= 4 is 23.5 Å². The Kier molecular flexibility index (Phi) is 7.04. The molecule has 6 nitrogen and oxygen atoms in total. The van der Waals surface area contributed by atoms with Crippen LogP contribution in [0.2, 0.25) is 0 Å². The summed E-state index contributed by atoms with van der Waals surface area (Å²) >= 11 is 1.70. The van der Waals surface area contributed by atoms with E-state index in [1.165, 1.54) is 11.3 Å². The van der Waals surface area contributed by atoms with Gasteiger partial charge in [-0.2, -0.15) is 0 Å². The molecular formula is C24H26N4O2S. The molecule has 0 atom stereocenters. The van der Waals surface area contributed by atoms with Gasteiger partial charge in [-0.3, -0.25) is 4.79 Å². The molecule has 160 valence electrons. The molecule has 31 heavy (non-hydrogen) atoms. The predicted molar refractivity (Wildman–Crippen MR) is 124 cm³/mol. The molecule has 1 amide bonds. The number of ether oxygens (including phenoxy) is 1. The van der Waals surface area contributed by atoms with E-state index in [1.54, 1.807) is 48.4 Å². The van der Waals surface area contributed by atoms with Gasteiger partial charge in [0.1, 0.15) is 5.75 Å². The predicted octanol–water partition coefficient (Wildman–Crippen LogP) is 4.91. The van der Waals surface area contributed by atoms with Gasteiger partial charge in [-0.05, 0) is 67.5 Å². The molecule has 1 aromatic heterocycles. The first kappa shape index (κ1) is 21.2. The lowest BCUT2D eigenvalue weighted by Crippen LogP contribution is -2.30. The van der Waals surface area contributed by atoms with Gasteiger partial charge in [0, 0.05) is 42.5 Å². The Bertz CT molecular complexity index is 1000. The molecule has 0 spiro atoms. The molecule has 2 aromatic carbocycles. The third-order valence-corrected chi connectivity index (χ3v) is 5.99. The van der Waals surface area contributed by atoms with Crippen molar-refractivity contribution in [1.82, 2.24) is 15.3 Å². The van der Waals surface area contributed by atoms with Crippen LogP contribution in [0.5, 0.6) is 11.6 Å². The van der Waals surface area contributed by atoms with Crippen molar-refractivity contribution in [2.24, 2.45) is 0 Å². The van der Waals surface area contributed by atoms with Crippen LogP contribution in [0.15, 0.2) is 65.8 Å². The number of anilines is 1. The van der Waals surface area contributed by atoms with E-state index < -0.39 is 0 Å². The fourth-order valence-corrected chi connectivity index (χ4v) is 3.93. The summed E-state index contributed by atoms with van der Waals surface area (Å²) < 4.78 is 6.00. The Hall–Kier alpha value is -3.06. The van der Waals surface area contributed by atoms with E-state index in [0.717, 1.165) is 37.3 Å². The number of benzene rings is 2. The minimum Gasteiger partial charge on any atom is -0.436 e. The Labute approximate surface area is 187 Å². The van der Waals surface area contributed by atoms with Crippen molar-refractivity contribution < 1.29 is 9.53 Å². The zero-order chi connectivity index (χ0) is 21.5. The van der Waals surface area contributed by atoms with E-state index in [0.29, 0.717) is 23.7 Å². The maximum atomic E-state index is 12.5. The summed E-state index contributed by atoms with van der Waals surface area (Å²) in [6.07, 6.45) is 8.93. The largest absolute Gasteiger partial charge is 0.436 e. The summed E-state index contributed by atoms with van der Waals surface area (Å²) in [5, 5.41) is 2.96. The van der Waals surface area contributed by atoms with Crippen LogP contribution in [0.25, 0.3) is 0 Å². The molecule has 4 rings (SSSR count). The van der Waals surface area contributed by atoms with Crippen LogP contribution in [0.1, 0.15) is 35.2 Å². The van der Waals surface area contributed by atoms with Gasteiger partial charge in [-0.25, -0.2) is 9.97 Å². The van der Waals surface area contributed by atoms with Crippen LogP contribution in [0.4, 0.5) is 5.82 Å². The number of piperidine rings is 1. The van der Waals surface area contributed by atoms with E-state index in [9.17, 15) is 4.79 Å². The van der Waals surface area contributed by atoms with Gasteiger partial charge in [0.05, 0.1) is 0 Å². The molecule has 1 N–H and O–H groups in total. The average molecular weight is 435 g/mol. The highest BCUT2D eigenvalue weighted by Crippen LogP contribution is 2.29. The lowest BCUT2D eigenvalue weighted by molar-refractivity contribution is 0.0951. The van der Waals surface area contributed by atoms with E-state index in [4.69, 9.17) is 4.74 Å². The zero-order valence-corrected chi connectivity index (χ0v) is 18.4. The maximum Gasteiger partial charge on any atom is 0.263 e. The number of rotatable bonds is 7. The summed E-state index contributed by atoms with van der Waals surface area (Å²) in [4.78, 5) is 24.8. The quantitative estimate of drug-likeness (QED) is 0.533. The van der Waals surface area contributed by atoms with Gasteiger partial charge in [-0.1, -0.05) is 12.1 Å². The number of hydrogen-bond acceptors (Lipinski definition) is 6. The minimum atomic E-state index is -0.117. The molecule has 1 aliphatic rings. The average Bonchev–Trinajstić information content (AvgIpc) is 2.84. The highest BCUT2D eigenvalue weighted by molar-refractivity contribution is 7.98. The lowest BCUT2D eigenvalue weighted by atomic mass is 10.1. The fraction of sp³-hybridized carbons (Fsp3) is 0.292. The monoisotopic (exact) mass is 434 g/mol. The smallest absolute Gasteiger partial charge is 0.263 e. The molecular weight excluding hydrogens is 408 g/mol. The van der Waals surface area contributed by atoms with Crippen LogP contribution in [0.3, 0.4) is 0 Å². The first-order valence-electron chi connectivity index (χ1n) is 10.5. The third kappa shape index (κ3) is 5.55. The first-order valence-corrected chi connectivity index (χ1v) is 11.7. The van der Waals surface area contributed by atoms with Crippen molar-refractivity contribution in [2.45, 2.75) is 30.7 Å². The number of nitrogens with zero attached hydrogens (tertiary/aromatic N) is 3. The Morgan fingerprint density at radius 1 is 1.00 bits per heavy atom. The second-order valence-electron chi connectivity index (χ2n) is 7.39. The van der Waals surface area contributed by atoms with Gasteiger partial charge in [0.2, 0.25) is 0 Å². The molecule has 7 heteroatoms. The number of aromatic nitrogens is 2. The second kappa shape index (κ2) is 10.3. The third-order valence-electron chi connectivity index (χ3n) is 5.25. The molecule has 3 aromatic rings. The summed E-state index contributed by atoms with van der Waals surface area (Å²) in [6.45, 7) is 2.42. The molecule has 1 saturated heterocycles. The SMILES string of the molecule is CSc1ccc(CNC(=O)c2ccc(Oc3nccnc3N3CCCCC3)cc2)cc1. The van der Waals surface area contributed by atoms with E-state index in [2.05, 4.69) is 32.3 Å². The molecule has 0 unspecified atom stereocenters. The Morgan fingerprint density at radius 2 is 1.71 bits per heavy atom. The highest BCUT2D eigenvalue weighted by Gasteiger charge is 2.18. The first-order chi connectivity index (χ1) is 15.2. The molecule has 2 heterocycles. The van der Waals surface area contributed by atoms with E-state index in [-0.39, 0.29) is 5.91 Å². The number of thioether (sulfide) groups is 1. The topological polar surface area (TPSA) is 67.3 Å². The van der Waals surface area contributed by atoms with Crippen LogP contribution >= 0.6 is 11.8 Å². The van der Waals surface area contributed by atoms with Crippen molar-refractivity contribution in [3.8, 4) is 11.6 Å². The van der Waals surface area contributed by atoms with Crippen molar-refractivity contribution in [2.75, 3.05) is 24.2 Å². The maximum absolute atomic E-state index is 12.5. The van der Waals surface area contributed by atoms with E-state index in [1.807, 2.05) is 18.4 Å². The zero-order valence-electron chi connectivity index (χ0n) is 17.6. The molecule has 0 saturated carbocycles. The number of carbonyl (C=O) groups is 1.